The molecule has 3 aromatic heterocycles. The first kappa shape index (κ1) is 31.6. The number of rotatable bonds is 4. The van der Waals surface area contributed by atoms with E-state index >= 15 is 0 Å². The van der Waals surface area contributed by atoms with Gasteiger partial charge in [0.05, 0.1) is 8.07 Å². The Morgan fingerprint density at radius 2 is 1.45 bits per heavy atom. The van der Waals surface area contributed by atoms with Crippen LogP contribution in [0.25, 0.3) is 64.2 Å². The Morgan fingerprint density at radius 1 is 0.702 bits per heavy atom. The topological polar surface area (TPSA) is 25.8 Å². The van der Waals surface area contributed by atoms with Crippen molar-refractivity contribution in [3.63, 3.8) is 0 Å². The summed E-state index contributed by atoms with van der Waals surface area (Å²) in [6.45, 7) is 10.8. The fourth-order valence-electron chi connectivity index (χ4n) is 5.80. The van der Waals surface area contributed by atoms with Crippen LogP contribution in [0.2, 0.25) is 19.6 Å². The summed E-state index contributed by atoms with van der Waals surface area (Å²) >= 11 is 1.80. The molecule has 0 atom stereocenters. The fraction of sp³-hybridized carbons (Fsp3) is 0.143. The van der Waals surface area contributed by atoms with Crippen molar-refractivity contribution >= 4 is 66.3 Å². The molecule has 0 saturated carbocycles. The van der Waals surface area contributed by atoms with Gasteiger partial charge in [0.2, 0.25) is 0 Å². The number of aromatic nitrogens is 2. The molecule has 47 heavy (non-hydrogen) atoms. The normalized spacial score (nSPS) is 12.1. The molecule has 0 spiro atoms. The maximum Gasteiger partial charge on any atom is 0.0795 e. The van der Waals surface area contributed by atoms with Gasteiger partial charge in [-0.1, -0.05) is 86.9 Å². The third-order valence-corrected chi connectivity index (χ3v) is 11.7. The number of pyridine rings is 2. The molecule has 235 valence electrons. The fourth-order valence-corrected chi connectivity index (χ4v) is 8.07. The van der Waals surface area contributed by atoms with E-state index < -0.39 is 14.0 Å². The Hall–Kier alpha value is -3.99. The zero-order valence-electron chi connectivity index (χ0n) is 28.2. The second-order valence-corrected chi connectivity index (χ2v) is 19.1. The number of benzene rings is 5. The standard InChI is InChI=1S/C28H20NS.C14H16NSi.Ir/c1-17(2)18-10-11-29-26(15-18)24-9-5-8-23-25-14-21-12-19-6-3-4-7-20(19)13-22(21)16-27(25)30-28(23)24;1-16(2,3)13-9-10-14(15-11-13)12-7-5-4-6-8-12;/h3-8,10-17H,1-2H3;4-7,9-11H,1-3H3;/q2*-1;/i17D;;. The van der Waals surface area contributed by atoms with Gasteiger partial charge in [-0.05, 0) is 84.4 Å². The van der Waals surface area contributed by atoms with Crippen LogP contribution in [-0.4, -0.2) is 18.0 Å². The molecule has 0 saturated heterocycles. The average molecular weight is 822 g/mol. The first-order chi connectivity index (χ1) is 22.5. The average Bonchev–Trinajstić information content (AvgIpc) is 3.44. The van der Waals surface area contributed by atoms with E-state index in [0.717, 1.165) is 28.1 Å². The van der Waals surface area contributed by atoms with Crippen LogP contribution in [0.4, 0.5) is 0 Å². The summed E-state index contributed by atoms with van der Waals surface area (Å²) in [6.07, 6.45) is 3.82. The van der Waals surface area contributed by atoms with Crippen LogP contribution in [0.3, 0.4) is 0 Å². The van der Waals surface area contributed by atoms with Crippen molar-refractivity contribution in [3.05, 3.63) is 139 Å². The van der Waals surface area contributed by atoms with E-state index in [2.05, 4.69) is 108 Å². The molecule has 0 aliphatic heterocycles. The Labute approximate surface area is 297 Å². The van der Waals surface area contributed by atoms with Crippen molar-refractivity contribution in [3.8, 4) is 22.5 Å². The molecular formula is C42H36IrN2SSi-2. The van der Waals surface area contributed by atoms with Gasteiger partial charge in [0.15, 0.2) is 0 Å². The van der Waals surface area contributed by atoms with Crippen LogP contribution >= 0.6 is 11.3 Å². The van der Waals surface area contributed by atoms with Gasteiger partial charge in [-0.25, -0.2) is 0 Å². The van der Waals surface area contributed by atoms with Crippen LogP contribution < -0.4 is 5.19 Å². The molecule has 0 fully saturated rings. The van der Waals surface area contributed by atoms with E-state index in [1.807, 2.05) is 62.5 Å². The Morgan fingerprint density at radius 3 is 2.11 bits per heavy atom. The van der Waals surface area contributed by atoms with Gasteiger partial charge < -0.3 is 9.97 Å². The molecule has 0 aliphatic carbocycles. The Bertz CT molecular complexity index is 2370. The number of thiophene rings is 1. The zero-order valence-corrected chi connectivity index (χ0v) is 31.4. The molecule has 0 unspecified atom stereocenters. The largest absolute Gasteiger partial charge is 0.305 e. The molecule has 3 heterocycles. The van der Waals surface area contributed by atoms with E-state index in [9.17, 15) is 0 Å². The molecule has 0 amide bonds. The molecule has 5 heteroatoms. The van der Waals surface area contributed by atoms with Crippen molar-refractivity contribution in [2.45, 2.75) is 39.4 Å². The molecule has 0 aliphatic rings. The predicted octanol–water partition coefficient (Wildman–Crippen LogP) is 11.4. The summed E-state index contributed by atoms with van der Waals surface area (Å²) in [5.41, 5.74) is 4.91. The minimum atomic E-state index is -1.23. The number of nitrogens with zero attached hydrogens (tertiary/aromatic N) is 2. The molecular weight excluding hydrogens is 785 g/mol. The summed E-state index contributed by atoms with van der Waals surface area (Å²) in [7, 11) is -1.23. The van der Waals surface area contributed by atoms with E-state index in [-0.39, 0.29) is 20.1 Å². The molecule has 0 N–H and O–H groups in total. The minimum absolute atomic E-state index is 0. The molecule has 8 aromatic rings. The van der Waals surface area contributed by atoms with Gasteiger partial charge in [0.25, 0.3) is 0 Å². The van der Waals surface area contributed by atoms with E-state index in [1.165, 1.54) is 46.9 Å². The maximum atomic E-state index is 8.39. The van der Waals surface area contributed by atoms with Crippen LogP contribution in [-0.2, 0) is 20.1 Å². The van der Waals surface area contributed by atoms with Crippen molar-refractivity contribution < 1.29 is 21.5 Å². The van der Waals surface area contributed by atoms with Crippen molar-refractivity contribution in [2.24, 2.45) is 0 Å². The maximum absolute atomic E-state index is 8.39. The van der Waals surface area contributed by atoms with Gasteiger partial charge in [-0.15, -0.1) is 59.7 Å². The molecule has 1 radical (unpaired) electrons. The Kier molecular flexibility index (Phi) is 9.16. The van der Waals surface area contributed by atoms with Gasteiger partial charge in [0, 0.05) is 38.6 Å². The molecule has 8 rings (SSSR count). The third-order valence-electron chi connectivity index (χ3n) is 8.46. The molecule has 0 bridgehead atoms. The quantitative estimate of drug-likeness (QED) is 0.100. The van der Waals surface area contributed by atoms with Gasteiger partial charge in [-0.2, -0.15) is 11.3 Å². The third kappa shape index (κ3) is 6.86. The number of fused-ring (bicyclic) bond motifs is 5. The molecule has 5 aromatic carbocycles. The zero-order chi connectivity index (χ0) is 32.8. The number of hydrogen-bond donors (Lipinski definition) is 0. The summed E-state index contributed by atoms with van der Waals surface area (Å²) < 4.78 is 10.9. The minimum Gasteiger partial charge on any atom is -0.305 e. The number of hydrogen-bond acceptors (Lipinski definition) is 3. The van der Waals surface area contributed by atoms with E-state index in [1.54, 1.807) is 17.5 Å². The molecule has 2 nitrogen and oxygen atoms in total. The second-order valence-electron chi connectivity index (χ2n) is 13.0. The first-order valence-corrected chi connectivity index (χ1v) is 20.0. The Balaban J connectivity index is 0.000000201. The van der Waals surface area contributed by atoms with Crippen LogP contribution in [0.1, 0.15) is 26.7 Å². The van der Waals surface area contributed by atoms with Crippen LogP contribution in [0.5, 0.6) is 0 Å². The monoisotopic (exact) mass is 822 g/mol. The van der Waals surface area contributed by atoms with Crippen molar-refractivity contribution in [1.82, 2.24) is 9.97 Å². The van der Waals surface area contributed by atoms with Gasteiger partial charge in [-0.3, -0.25) is 0 Å². The second kappa shape index (κ2) is 13.6. The summed E-state index contributed by atoms with van der Waals surface area (Å²) in [6, 6.07) is 44.7. The summed E-state index contributed by atoms with van der Waals surface area (Å²) in [4.78, 5) is 9.15. The summed E-state index contributed by atoms with van der Waals surface area (Å²) in [5, 5.41) is 8.96. The predicted molar refractivity (Wildman–Crippen MR) is 202 cm³/mol. The van der Waals surface area contributed by atoms with Crippen LogP contribution in [0.15, 0.2) is 122 Å². The van der Waals surface area contributed by atoms with Crippen LogP contribution in [0, 0.1) is 12.1 Å². The van der Waals surface area contributed by atoms with E-state index in [0.29, 0.717) is 0 Å². The van der Waals surface area contributed by atoms with Crippen molar-refractivity contribution in [1.29, 1.82) is 0 Å². The van der Waals surface area contributed by atoms with E-state index in [4.69, 9.17) is 1.37 Å². The smallest absolute Gasteiger partial charge is 0.0795 e. The van der Waals surface area contributed by atoms with Gasteiger partial charge >= 0.3 is 0 Å². The SMILES string of the molecule is C[Si](C)(C)c1ccc(-c2[c-]cccc2)nc1.[2H]C(C)(C)c1ccnc(-c2[c-]ccc3c2sc2cc4cc5ccccc5cc4cc23)c1.[Ir]. The first-order valence-electron chi connectivity index (χ1n) is 16.1. The van der Waals surface area contributed by atoms with Crippen molar-refractivity contribution in [2.75, 3.05) is 0 Å². The summed E-state index contributed by atoms with van der Waals surface area (Å²) in [5.74, 6) is -0.661. The van der Waals surface area contributed by atoms with Gasteiger partial charge in [0.1, 0.15) is 0 Å².